The molecule has 0 spiro atoms. The van der Waals surface area contributed by atoms with Crippen molar-refractivity contribution in [3.8, 4) is 17.4 Å². The first-order valence-electron chi connectivity index (χ1n) is 13.3. The van der Waals surface area contributed by atoms with E-state index in [9.17, 15) is 18.8 Å². The molecule has 0 aliphatic carbocycles. The van der Waals surface area contributed by atoms with E-state index in [0.29, 0.717) is 54.4 Å². The molecule has 4 aromatic rings. The minimum absolute atomic E-state index is 0.0251. The molecule has 3 heterocycles. The molecule has 1 aliphatic rings. The van der Waals surface area contributed by atoms with Crippen LogP contribution in [0.3, 0.4) is 0 Å². The number of hydrogen-bond acceptors (Lipinski definition) is 7. The lowest BCUT2D eigenvalue weighted by Crippen LogP contribution is -2.41. The second-order valence-electron chi connectivity index (χ2n) is 9.64. The van der Waals surface area contributed by atoms with Gasteiger partial charge in [-0.25, -0.2) is 9.37 Å². The Bertz CT molecular complexity index is 1540. The number of rotatable bonds is 8. The molecule has 2 N–H and O–H groups in total. The van der Waals surface area contributed by atoms with E-state index in [1.807, 2.05) is 12.1 Å². The number of nitrogens with zero attached hydrogens (tertiary/aromatic N) is 3. The van der Waals surface area contributed by atoms with Crippen molar-refractivity contribution in [2.75, 3.05) is 23.7 Å². The SMILES string of the molecule is CC(=O)Nc1ccc(OC2CCN(C(=O)c3ccc(C(=O)Nc4ccc(Oc5ccc(F)cc5)nc4)nc3)CC2)cc1. The van der Waals surface area contributed by atoms with Gasteiger partial charge in [0.15, 0.2) is 0 Å². The van der Waals surface area contributed by atoms with Crippen LogP contribution in [0.15, 0.2) is 85.2 Å². The lowest BCUT2D eigenvalue weighted by molar-refractivity contribution is -0.114. The number of ether oxygens (including phenoxy) is 2. The number of likely N-dealkylation sites (tertiary alicyclic amines) is 1. The number of benzene rings is 2. The summed E-state index contributed by atoms with van der Waals surface area (Å²) in [7, 11) is 0. The molecular weight excluding hydrogens is 541 g/mol. The Hall–Kier alpha value is -5.32. The zero-order valence-electron chi connectivity index (χ0n) is 22.7. The van der Waals surface area contributed by atoms with Crippen LogP contribution in [0, 0.1) is 5.82 Å². The molecule has 0 radical (unpaired) electrons. The Morgan fingerprint density at radius 3 is 2.12 bits per heavy atom. The highest BCUT2D eigenvalue weighted by molar-refractivity contribution is 6.03. The smallest absolute Gasteiger partial charge is 0.274 e. The zero-order valence-corrected chi connectivity index (χ0v) is 22.7. The van der Waals surface area contributed by atoms with Gasteiger partial charge in [-0.2, -0.15) is 0 Å². The van der Waals surface area contributed by atoms with E-state index >= 15 is 0 Å². The van der Waals surface area contributed by atoms with Crippen molar-refractivity contribution in [2.45, 2.75) is 25.9 Å². The van der Waals surface area contributed by atoms with Gasteiger partial charge in [0.2, 0.25) is 11.8 Å². The second kappa shape index (κ2) is 12.9. The van der Waals surface area contributed by atoms with Gasteiger partial charge in [0.25, 0.3) is 11.8 Å². The van der Waals surface area contributed by atoms with Crippen LogP contribution in [0.2, 0.25) is 0 Å². The van der Waals surface area contributed by atoms with Crippen molar-refractivity contribution >= 4 is 29.1 Å². The maximum absolute atomic E-state index is 13.0. The molecule has 10 nitrogen and oxygen atoms in total. The summed E-state index contributed by atoms with van der Waals surface area (Å²) in [4.78, 5) is 46.9. The predicted molar refractivity (Wildman–Crippen MR) is 153 cm³/mol. The predicted octanol–water partition coefficient (Wildman–Crippen LogP) is 5.30. The molecule has 1 fully saturated rings. The molecule has 42 heavy (non-hydrogen) atoms. The summed E-state index contributed by atoms with van der Waals surface area (Å²) in [5.41, 5.74) is 1.67. The number of aromatic nitrogens is 2. The van der Waals surface area contributed by atoms with Gasteiger partial charge in [0.1, 0.15) is 29.1 Å². The summed E-state index contributed by atoms with van der Waals surface area (Å²) in [5, 5.41) is 5.43. The molecule has 0 unspecified atom stereocenters. The van der Waals surface area contributed by atoms with Gasteiger partial charge in [0.05, 0.1) is 17.4 Å². The third-order valence-corrected chi connectivity index (χ3v) is 6.48. The number of hydrogen-bond donors (Lipinski definition) is 2. The van der Waals surface area contributed by atoms with Gasteiger partial charge in [-0.3, -0.25) is 19.4 Å². The Balaban J connectivity index is 1.09. The standard InChI is InChI=1S/C31H28FN5O5/c1-20(38)35-23-5-10-25(11-6-23)41-27-14-16-37(17-15-27)31(40)21-2-12-28(33-18-21)30(39)36-24-7-13-29(34-19-24)42-26-8-3-22(32)4-9-26/h2-13,18-19,27H,14-17H2,1H3,(H,35,38)(H,36,39). The number of carbonyl (C=O) groups excluding carboxylic acids is 3. The van der Waals surface area contributed by atoms with E-state index in [4.69, 9.17) is 9.47 Å². The van der Waals surface area contributed by atoms with E-state index < -0.39 is 5.91 Å². The van der Waals surface area contributed by atoms with Gasteiger partial charge in [0, 0.05) is 50.8 Å². The molecule has 2 aromatic heterocycles. The molecule has 0 saturated carbocycles. The average molecular weight is 570 g/mol. The van der Waals surface area contributed by atoms with Crippen molar-refractivity contribution in [2.24, 2.45) is 0 Å². The van der Waals surface area contributed by atoms with Gasteiger partial charge in [-0.15, -0.1) is 0 Å². The van der Waals surface area contributed by atoms with Crippen LogP contribution in [0.1, 0.15) is 40.6 Å². The van der Waals surface area contributed by atoms with Crippen molar-refractivity contribution < 1.29 is 28.2 Å². The summed E-state index contributed by atoms with van der Waals surface area (Å²) < 4.78 is 24.6. The minimum atomic E-state index is -0.453. The number of pyridine rings is 2. The lowest BCUT2D eigenvalue weighted by Gasteiger charge is -2.32. The Morgan fingerprint density at radius 2 is 1.50 bits per heavy atom. The van der Waals surface area contributed by atoms with Crippen molar-refractivity contribution in [1.82, 2.24) is 14.9 Å². The van der Waals surface area contributed by atoms with Crippen LogP contribution >= 0.6 is 0 Å². The fourth-order valence-electron chi connectivity index (χ4n) is 4.36. The van der Waals surface area contributed by atoms with E-state index in [1.54, 1.807) is 35.2 Å². The number of nitrogens with one attached hydrogen (secondary N) is 2. The molecule has 0 bridgehead atoms. The van der Waals surface area contributed by atoms with Crippen molar-refractivity contribution in [1.29, 1.82) is 0 Å². The maximum Gasteiger partial charge on any atom is 0.274 e. The van der Waals surface area contributed by atoms with Crippen molar-refractivity contribution in [3.05, 3.63) is 102 Å². The average Bonchev–Trinajstić information content (AvgIpc) is 3.00. The number of amides is 3. The topological polar surface area (TPSA) is 123 Å². The van der Waals surface area contributed by atoms with E-state index in [-0.39, 0.29) is 35.3 Å². The molecule has 0 atom stereocenters. The van der Waals surface area contributed by atoms with Crippen LogP contribution in [0.4, 0.5) is 15.8 Å². The van der Waals surface area contributed by atoms with Crippen LogP contribution in [0.5, 0.6) is 17.4 Å². The summed E-state index contributed by atoms with van der Waals surface area (Å²) in [6, 6.07) is 19.0. The number of anilines is 2. The second-order valence-corrected chi connectivity index (χ2v) is 9.64. The van der Waals surface area contributed by atoms with Gasteiger partial charge in [-0.1, -0.05) is 0 Å². The Morgan fingerprint density at radius 1 is 0.810 bits per heavy atom. The molecule has 3 amide bonds. The molecule has 1 aliphatic heterocycles. The zero-order chi connectivity index (χ0) is 29.5. The fourth-order valence-corrected chi connectivity index (χ4v) is 4.36. The molecular formula is C31H28FN5O5. The summed E-state index contributed by atoms with van der Waals surface area (Å²) in [6.07, 6.45) is 4.16. The summed E-state index contributed by atoms with van der Waals surface area (Å²) >= 11 is 0. The first-order valence-corrected chi connectivity index (χ1v) is 13.3. The minimum Gasteiger partial charge on any atom is -0.490 e. The van der Waals surface area contributed by atoms with Crippen LogP contribution in [-0.2, 0) is 4.79 Å². The Labute approximate surface area is 241 Å². The number of piperidine rings is 1. The highest BCUT2D eigenvalue weighted by atomic mass is 19.1. The maximum atomic E-state index is 13.0. The Kier molecular flexibility index (Phi) is 8.67. The van der Waals surface area contributed by atoms with Gasteiger partial charge in [-0.05, 0) is 66.7 Å². The third-order valence-electron chi connectivity index (χ3n) is 6.48. The molecule has 2 aromatic carbocycles. The molecule has 1 saturated heterocycles. The first-order chi connectivity index (χ1) is 20.3. The fraction of sp³-hybridized carbons (Fsp3) is 0.194. The van der Waals surface area contributed by atoms with Gasteiger partial charge < -0.3 is 25.0 Å². The lowest BCUT2D eigenvalue weighted by atomic mass is 10.1. The highest BCUT2D eigenvalue weighted by Gasteiger charge is 2.25. The van der Waals surface area contributed by atoms with Crippen LogP contribution in [0.25, 0.3) is 0 Å². The van der Waals surface area contributed by atoms with Crippen LogP contribution in [-0.4, -0.2) is 51.8 Å². The number of halogens is 1. The normalized spacial score (nSPS) is 13.2. The number of carbonyl (C=O) groups is 3. The molecule has 11 heteroatoms. The molecule has 214 valence electrons. The largest absolute Gasteiger partial charge is 0.490 e. The van der Waals surface area contributed by atoms with E-state index in [1.165, 1.54) is 49.6 Å². The summed E-state index contributed by atoms with van der Waals surface area (Å²) in [5.74, 6) is 0.313. The quantitative estimate of drug-likeness (QED) is 0.295. The highest BCUT2D eigenvalue weighted by Crippen LogP contribution is 2.23. The van der Waals surface area contributed by atoms with Crippen LogP contribution < -0.4 is 20.1 Å². The first kappa shape index (κ1) is 28.2. The van der Waals surface area contributed by atoms with Gasteiger partial charge >= 0.3 is 0 Å². The van der Waals surface area contributed by atoms with Crippen molar-refractivity contribution in [3.63, 3.8) is 0 Å². The van der Waals surface area contributed by atoms with E-state index in [0.717, 1.165) is 0 Å². The molecule has 5 rings (SSSR count). The van der Waals surface area contributed by atoms with E-state index in [2.05, 4.69) is 20.6 Å². The third kappa shape index (κ3) is 7.45. The summed E-state index contributed by atoms with van der Waals surface area (Å²) in [6.45, 7) is 2.52. The monoisotopic (exact) mass is 569 g/mol.